The lowest BCUT2D eigenvalue weighted by Gasteiger charge is -2.24. The summed E-state index contributed by atoms with van der Waals surface area (Å²) in [4.78, 5) is 56.8. The molecule has 37 heavy (non-hydrogen) atoms. The van der Waals surface area contributed by atoms with Crippen LogP contribution in [0.5, 0.6) is 0 Å². The van der Waals surface area contributed by atoms with Crippen molar-refractivity contribution in [2.24, 2.45) is 5.11 Å². The Balaban J connectivity index is 1.83. The normalized spacial score (nSPS) is 25.2. The van der Waals surface area contributed by atoms with Crippen LogP contribution in [0, 0.1) is 0 Å². The summed E-state index contributed by atoms with van der Waals surface area (Å²) < 4.78 is 72.7. The second-order valence-electron chi connectivity index (χ2n) is 7.38. The minimum absolute atomic E-state index is 0.0524. The molecule has 0 saturated carbocycles. The molecule has 0 amide bonds. The molecule has 0 spiro atoms. The number of fused-ring (bicyclic) bond motifs is 1. The molecule has 1 fully saturated rings. The fourth-order valence-corrected chi connectivity index (χ4v) is 6.32. The standard InChI is InChI=1S/C13H19FN7O13P3/c1-13(14,19-20-16)32-7-4-9(21-3-2-6-10(21)17-12(15)18-11(6)22)31-8(7)5-30-36(26,27)34-37(28,29)33-35(23,24)25/h2-3,7-9H,4-5H2,1H3,(H,26,27)(H,28,29)(H2,23,24,25)(H3,15,17,18,22)/t7-,8-,9-,13?/m1/s1. The van der Waals surface area contributed by atoms with Gasteiger partial charge in [0.05, 0.1) is 18.1 Å². The van der Waals surface area contributed by atoms with Gasteiger partial charge in [-0.25, -0.2) is 18.1 Å². The summed E-state index contributed by atoms with van der Waals surface area (Å²) in [5, 5.41) is 2.94. The minimum Gasteiger partial charge on any atom is -0.369 e. The molecule has 7 N–H and O–H groups in total. The smallest absolute Gasteiger partial charge is 0.369 e. The molecule has 1 aliphatic heterocycles. The molecule has 6 atom stereocenters. The van der Waals surface area contributed by atoms with E-state index in [-0.39, 0.29) is 23.4 Å². The van der Waals surface area contributed by atoms with E-state index in [1.807, 2.05) is 0 Å². The van der Waals surface area contributed by atoms with Gasteiger partial charge in [-0.1, -0.05) is 0 Å². The molecule has 206 valence electrons. The molecule has 1 aliphatic rings. The van der Waals surface area contributed by atoms with E-state index in [2.05, 4.69) is 33.1 Å². The highest BCUT2D eigenvalue weighted by Gasteiger charge is 2.45. The number of aromatic amines is 1. The summed E-state index contributed by atoms with van der Waals surface area (Å²) in [6.45, 7) is -0.237. The first-order chi connectivity index (χ1) is 16.9. The second-order valence-corrected chi connectivity index (χ2v) is 11.8. The Morgan fingerprint density at radius 3 is 2.65 bits per heavy atom. The largest absolute Gasteiger partial charge is 0.490 e. The van der Waals surface area contributed by atoms with Crippen molar-refractivity contribution in [3.63, 3.8) is 0 Å². The van der Waals surface area contributed by atoms with Crippen molar-refractivity contribution < 1.29 is 60.3 Å². The van der Waals surface area contributed by atoms with E-state index in [1.54, 1.807) is 0 Å². The van der Waals surface area contributed by atoms with E-state index < -0.39 is 60.0 Å². The van der Waals surface area contributed by atoms with Crippen LogP contribution in [0.1, 0.15) is 19.6 Å². The Morgan fingerprint density at radius 2 is 2.03 bits per heavy atom. The molecule has 0 radical (unpaired) electrons. The summed E-state index contributed by atoms with van der Waals surface area (Å²) in [7, 11) is -16.9. The van der Waals surface area contributed by atoms with Crippen LogP contribution in [0.2, 0.25) is 0 Å². The number of rotatable bonds is 11. The summed E-state index contributed by atoms with van der Waals surface area (Å²) in [5.41, 5.74) is 13.6. The average Bonchev–Trinajstić information content (AvgIpc) is 3.27. The number of halogens is 1. The number of nitrogens with zero attached hydrogens (tertiary/aromatic N) is 5. The van der Waals surface area contributed by atoms with Crippen molar-refractivity contribution in [2.75, 3.05) is 12.3 Å². The number of anilines is 1. The van der Waals surface area contributed by atoms with Crippen LogP contribution in [-0.2, 0) is 36.3 Å². The van der Waals surface area contributed by atoms with Gasteiger partial charge in [0.2, 0.25) is 5.95 Å². The van der Waals surface area contributed by atoms with Crippen molar-refractivity contribution >= 4 is 40.4 Å². The van der Waals surface area contributed by atoms with E-state index in [0.717, 1.165) is 6.92 Å². The first-order valence-corrected chi connectivity index (χ1v) is 14.2. The van der Waals surface area contributed by atoms with Gasteiger partial charge >= 0.3 is 23.5 Å². The zero-order valence-electron chi connectivity index (χ0n) is 18.3. The van der Waals surface area contributed by atoms with Crippen molar-refractivity contribution in [1.29, 1.82) is 0 Å². The molecule has 3 heterocycles. The first-order valence-electron chi connectivity index (χ1n) is 9.63. The number of phosphoric ester groups is 1. The highest BCUT2D eigenvalue weighted by Crippen LogP contribution is 2.66. The molecule has 2 aromatic rings. The maximum Gasteiger partial charge on any atom is 0.490 e. The van der Waals surface area contributed by atoms with E-state index in [0.29, 0.717) is 0 Å². The van der Waals surface area contributed by atoms with E-state index in [1.165, 1.54) is 16.8 Å². The Labute approximate surface area is 204 Å². The van der Waals surface area contributed by atoms with Gasteiger partial charge in [-0.15, -0.1) is 0 Å². The molecular weight excluding hydrogens is 574 g/mol. The zero-order chi connectivity index (χ0) is 27.8. The van der Waals surface area contributed by atoms with Gasteiger partial charge < -0.3 is 39.3 Å². The van der Waals surface area contributed by atoms with E-state index >= 15 is 0 Å². The summed E-state index contributed by atoms with van der Waals surface area (Å²) in [5.74, 6) is -3.15. The minimum atomic E-state index is -5.79. The van der Waals surface area contributed by atoms with Crippen molar-refractivity contribution in [2.45, 2.75) is 37.8 Å². The molecule has 0 aromatic carbocycles. The molecule has 2 aromatic heterocycles. The maximum atomic E-state index is 14.5. The van der Waals surface area contributed by atoms with E-state index in [9.17, 15) is 32.7 Å². The average molecular weight is 593 g/mol. The summed E-state index contributed by atoms with van der Waals surface area (Å²) in [6.07, 6.45) is -2.75. The number of hydrogen-bond donors (Lipinski definition) is 6. The van der Waals surface area contributed by atoms with Gasteiger partial charge in [0.15, 0.2) is 5.65 Å². The molecule has 3 unspecified atom stereocenters. The number of ether oxygens (including phenoxy) is 2. The molecule has 3 rings (SSSR count). The maximum absolute atomic E-state index is 14.5. The predicted octanol–water partition coefficient (Wildman–Crippen LogP) is 1.28. The number of aromatic nitrogens is 3. The molecule has 0 bridgehead atoms. The first kappa shape index (κ1) is 29.3. The van der Waals surface area contributed by atoms with Crippen LogP contribution < -0.4 is 11.3 Å². The van der Waals surface area contributed by atoms with Crippen molar-refractivity contribution in [3.8, 4) is 0 Å². The van der Waals surface area contributed by atoms with Gasteiger partial charge in [-0.2, -0.15) is 13.6 Å². The van der Waals surface area contributed by atoms with Crippen LogP contribution in [0.3, 0.4) is 0 Å². The van der Waals surface area contributed by atoms with Crippen LogP contribution in [0.25, 0.3) is 21.5 Å². The number of H-pyrrole nitrogens is 1. The van der Waals surface area contributed by atoms with Gasteiger partial charge in [0.25, 0.3) is 11.5 Å². The number of nitrogens with two attached hydrogens (primary N) is 1. The third kappa shape index (κ3) is 7.89. The Bertz CT molecular complexity index is 1420. The molecule has 24 heteroatoms. The lowest BCUT2D eigenvalue weighted by molar-refractivity contribution is -0.178. The SMILES string of the molecule is CC(F)(N=[N+]=[N-])O[C@@H]1C[C@H](n2ccc3c(=O)[nH]c(N)nc32)O[C@@H]1COP(=O)(O)OP(=O)(O)OP(=O)(O)O. The third-order valence-electron chi connectivity index (χ3n) is 4.50. The van der Waals surface area contributed by atoms with Crippen molar-refractivity contribution in [3.05, 3.63) is 33.1 Å². The lowest BCUT2D eigenvalue weighted by Crippen LogP contribution is -2.35. The third-order valence-corrected chi connectivity index (χ3v) is 8.30. The second kappa shape index (κ2) is 10.5. The molecule has 0 aliphatic carbocycles. The Morgan fingerprint density at radius 1 is 1.35 bits per heavy atom. The highest BCUT2D eigenvalue weighted by atomic mass is 31.3. The summed E-state index contributed by atoms with van der Waals surface area (Å²) >= 11 is 0. The fraction of sp³-hybridized carbons (Fsp3) is 0.538. The topological polar surface area (TPSA) is 304 Å². The number of azide groups is 1. The van der Waals surface area contributed by atoms with Crippen LogP contribution >= 0.6 is 23.5 Å². The number of nitrogens with one attached hydrogen (secondary N) is 1. The van der Waals surface area contributed by atoms with Crippen molar-refractivity contribution in [1.82, 2.24) is 14.5 Å². The van der Waals surface area contributed by atoms with Gasteiger partial charge in [0.1, 0.15) is 12.3 Å². The van der Waals surface area contributed by atoms with Gasteiger partial charge in [-0.05, 0) is 16.7 Å². The quantitative estimate of drug-likeness (QED) is 0.0702. The van der Waals surface area contributed by atoms with Gasteiger partial charge in [0, 0.05) is 24.5 Å². The number of phosphoric acid groups is 3. The fourth-order valence-electron chi connectivity index (χ4n) is 3.29. The highest BCUT2D eigenvalue weighted by molar-refractivity contribution is 7.66. The predicted molar refractivity (Wildman–Crippen MR) is 117 cm³/mol. The Kier molecular flexibility index (Phi) is 8.34. The van der Waals surface area contributed by atoms with Gasteiger partial charge in [-0.3, -0.25) is 14.3 Å². The van der Waals surface area contributed by atoms with Crippen LogP contribution in [0.4, 0.5) is 10.3 Å². The zero-order valence-corrected chi connectivity index (χ0v) is 21.0. The number of nitrogen functional groups attached to an aromatic ring is 1. The number of alkyl halides is 1. The monoisotopic (exact) mass is 593 g/mol. The Hall–Kier alpha value is -2.21. The number of hydrogen-bond acceptors (Lipinski definition) is 12. The molecular formula is C13H19FN7O13P3. The van der Waals surface area contributed by atoms with Crippen LogP contribution in [0.15, 0.2) is 22.2 Å². The lowest BCUT2D eigenvalue weighted by atomic mass is 10.2. The molecule has 1 saturated heterocycles. The summed E-state index contributed by atoms with van der Waals surface area (Å²) in [6, 6.07) is 1.37. The van der Waals surface area contributed by atoms with E-state index in [4.69, 9.17) is 30.5 Å². The van der Waals surface area contributed by atoms with Crippen LogP contribution in [-0.4, -0.2) is 58.9 Å². The molecule has 20 nitrogen and oxygen atoms in total.